The number of hydrogen-bond acceptors (Lipinski definition) is 4. The summed E-state index contributed by atoms with van der Waals surface area (Å²) in [6.45, 7) is 0. The second-order valence-electron chi connectivity index (χ2n) is 3.19. The van der Waals surface area contributed by atoms with Crippen molar-refractivity contribution in [3.05, 3.63) is 46.7 Å². The van der Waals surface area contributed by atoms with Gasteiger partial charge in [0.2, 0.25) is 0 Å². The third-order valence-electron chi connectivity index (χ3n) is 1.98. The minimum Gasteiger partial charge on any atom is -0.384 e. The standard InChI is InChI=1S/C11H9BrN4S/c12-7-2-3-8(10(13)14)9(6-7)17-11-15-4-1-5-16-11/h1-6H,(H3,13,14). The number of halogens is 1. The summed E-state index contributed by atoms with van der Waals surface area (Å²) in [6, 6.07) is 7.32. The van der Waals surface area contributed by atoms with E-state index in [1.54, 1.807) is 24.5 Å². The van der Waals surface area contributed by atoms with E-state index in [9.17, 15) is 0 Å². The minimum atomic E-state index is 0.0379. The lowest BCUT2D eigenvalue weighted by molar-refractivity contribution is 0.966. The Kier molecular flexibility index (Phi) is 3.75. The van der Waals surface area contributed by atoms with E-state index in [0.717, 1.165) is 9.37 Å². The number of rotatable bonds is 3. The van der Waals surface area contributed by atoms with Gasteiger partial charge in [-0.25, -0.2) is 9.97 Å². The molecule has 0 amide bonds. The first kappa shape index (κ1) is 12.1. The molecule has 0 atom stereocenters. The normalized spacial score (nSPS) is 10.2. The second-order valence-corrected chi connectivity index (χ2v) is 5.11. The fourth-order valence-corrected chi connectivity index (χ4v) is 2.65. The molecule has 3 N–H and O–H groups in total. The molecule has 6 heteroatoms. The molecule has 0 aliphatic rings. The van der Waals surface area contributed by atoms with Crippen LogP contribution in [0.25, 0.3) is 0 Å². The molecule has 0 radical (unpaired) electrons. The molecular weight excluding hydrogens is 300 g/mol. The van der Waals surface area contributed by atoms with Crippen molar-refractivity contribution in [2.45, 2.75) is 10.1 Å². The van der Waals surface area contributed by atoms with Crippen LogP contribution in [0.4, 0.5) is 0 Å². The summed E-state index contributed by atoms with van der Waals surface area (Å²) in [5, 5.41) is 8.15. The summed E-state index contributed by atoms with van der Waals surface area (Å²) in [4.78, 5) is 9.12. The summed E-state index contributed by atoms with van der Waals surface area (Å²) in [6.07, 6.45) is 3.36. The molecule has 0 aliphatic heterocycles. The maximum atomic E-state index is 7.52. The molecule has 1 aromatic carbocycles. The summed E-state index contributed by atoms with van der Waals surface area (Å²) >= 11 is 4.78. The largest absolute Gasteiger partial charge is 0.384 e. The predicted molar refractivity (Wildman–Crippen MR) is 71.3 cm³/mol. The molecule has 4 nitrogen and oxygen atoms in total. The highest BCUT2D eigenvalue weighted by Gasteiger charge is 2.09. The lowest BCUT2D eigenvalue weighted by atomic mass is 10.2. The molecule has 0 spiro atoms. The SMILES string of the molecule is N=C(N)c1ccc(Br)cc1Sc1ncccn1. The van der Waals surface area contributed by atoms with Gasteiger partial charge in [-0.15, -0.1) is 0 Å². The molecule has 17 heavy (non-hydrogen) atoms. The lowest BCUT2D eigenvalue weighted by Crippen LogP contribution is -2.12. The number of nitrogens with one attached hydrogen (secondary N) is 1. The first-order chi connectivity index (χ1) is 8.16. The number of hydrogen-bond donors (Lipinski definition) is 2. The Labute approximate surface area is 111 Å². The number of nitrogens with two attached hydrogens (primary N) is 1. The first-order valence-corrected chi connectivity index (χ1v) is 6.36. The van der Waals surface area contributed by atoms with Crippen molar-refractivity contribution in [1.82, 2.24) is 9.97 Å². The molecule has 86 valence electrons. The Morgan fingerprint density at radius 2 is 2.00 bits per heavy atom. The average Bonchev–Trinajstić information content (AvgIpc) is 2.30. The number of nitrogens with zero attached hydrogens (tertiary/aromatic N) is 2. The van der Waals surface area contributed by atoms with Gasteiger partial charge in [0.1, 0.15) is 5.84 Å². The van der Waals surface area contributed by atoms with Crippen LogP contribution in [-0.2, 0) is 0 Å². The van der Waals surface area contributed by atoms with Gasteiger partial charge in [-0.1, -0.05) is 15.9 Å². The first-order valence-electron chi connectivity index (χ1n) is 4.75. The second kappa shape index (κ2) is 5.29. The third kappa shape index (κ3) is 3.04. The van der Waals surface area contributed by atoms with E-state index >= 15 is 0 Å². The van der Waals surface area contributed by atoms with Gasteiger partial charge in [-0.2, -0.15) is 0 Å². The summed E-state index contributed by atoms with van der Waals surface area (Å²) in [5.41, 5.74) is 6.22. The van der Waals surface area contributed by atoms with Crippen LogP contribution in [0.15, 0.2) is 51.2 Å². The van der Waals surface area contributed by atoms with Crippen LogP contribution in [0.3, 0.4) is 0 Å². The van der Waals surface area contributed by atoms with Gasteiger partial charge >= 0.3 is 0 Å². The van der Waals surface area contributed by atoms with Crippen molar-refractivity contribution >= 4 is 33.5 Å². The summed E-state index contributed by atoms with van der Waals surface area (Å²) in [7, 11) is 0. The topological polar surface area (TPSA) is 75.7 Å². The van der Waals surface area contributed by atoms with Crippen LogP contribution in [0.5, 0.6) is 0 Å². The highest BCUT2D eigenvalue weighted by molar-refractivity contribution is 9.10. The molecule has 2 rings (SSSR count). The Bertz CT molecular complexity index is 544. The zero-order valence-corrected chi connectivity index (χ0v) is 11.1. The summed E-state index contributed by atoms with van der Waals surface area (Å²) in [5.74, 6) is 0.0379. The lowest BCUT2D eigenvalue weighted by Gasteiger charge is -2.07. The van der Waals surface area contributed by atoms with Crippen LogP contribution in [-0.4, -0.2) is 15.8 Å². The van der Waals surface area contributed by atoms with Gasteiger partial charge < -0.3 is 5.73 Å². The highest BCUT2D eigenvalue weighted by Crippen LogP contribution is 2.30. The molecule has 2 aromatic rings. The van der Waals surface area contributed by atoms with Gasteiger partial charge in [-0.05, 0) is 36.0 Å². The quantitative estimate of drug-likeness (QED) is 0.519. The zero-order chi connectivity index (χ0) is 12.3. The van der Waals surface area contributed by atoms with E-state index in [1.807, 2.05) is 12.1 Å². The van der Waals surface area contributed by atoms with E-state index in [1.165, 1.54) is 11.8 Å². The Morgan fingerprint density at radius 3 is 2.65 bits per heavy atom. The van der Waals surface area contributed by atoms with Crippen molar-refractivity contribution in [3.63, 3.8) is 0 Å². The van der Waals surface area contributed by atoms with Gasteiger partial charge in [0.05, 0.1) is 0 Å². The molecule has 0 aliphatic carbocycles. The Balaban J connectivity index is 2.37. The molecule has 0 saturated heterocycles. The maximum absolute atomic E-state index is 7.52. The molecular formula is C11H9BrN4S. The van der Waals surface area contributed by atoms with E-state index in [2.05, 4.69) is 25.9 Å². The molecule has 0 bridgehead atoms. The van der Waals surface area contributed by atoms with E-state index < -0.39 is 0 Å². The third-order valence-corrected chi connectivity index (χ3v) is 3.42. The van der Waals surface area contributed by atoms with Crippen LogP contribution in [0.2, 0.25) is 0 Å². The van der Waals surface area contributed by atoms with Gasteiger partial charge in [0.15, 0.2) is 5.16 Å². The zero-order valence-electron chi connectivity index (χ0n) is 8.72. The fourth-order valence-electron chi connectivity index (χ4n) is 1.24. The fraction of sp³-hybridized carbons (Fsp3) is 0. The maximum Gasteiger partial charge on any atom is 0.192 e. The number of benzene rings is 1. The van der Waals surface area contributed by atoms with Gasteiger partial charge in [-0.3, -0.25) is 5.41 Å². The van der Waals surface area contributed by atoms with Crippen molar-refractivity contribution in [3.8, 4) is 0 Å². The average molecular weight is 309 g/mol. The monoisotopic (exact) mass is 308 g/mol. The van der Waals surface area contributed by atoms with E-state index in [4.69, 9.17) is 11.1 Å². The minimum absolute atomic E-state index is 0.0379. The molecule has 1 aromatic heterocycles. The van der Waals surface area contributed by atoms with E-state index in [0.29, 0.717) is 10.7 Å². The van der Waals surface area contributed by atoms with Crippen molar-refractivity contribution in [2.24, 2.45) is 5.73 Å². The summed E-state index contributed by atoms with van der Waals surface area (Å²) < 4.78 is 0.931. The molecule has 0 unspecified atom stereocenters. The molecule has 0 saturated carbocycles. The van der Waals surface area contributed by atoms with Crippen molar-refractivity contribution < 1.29 is 0 Å². The van der Waals surface area contributed by atoms with E-state index in [-0.39, 0.29) is 5.84 Å². The van der Waals surface area contributed by atoms with Gasteiger partial charge in [0.25, 0.3) is 0 Å². The Hall–Kier alpha value is -1.40. The van der Waals surface area contributed by atoms with Crippen LogP contribution >= 0.6 is 27.7 Å². The van der Waals surface area contributed by atoms with Crippen molar-refractivity contribution in [2.75, 3.05) is 0 Å². The Morgan fingerprint density at radius 1 is 1.29 bits per heavy atom. The highest BCUT2D eigenvalue weighted by atomic mass is 79.9. The van der Waals surface area contributed by atoms with Crippen LogP contribution in [0, 0.1) is 5.41 Å². The smallest absolute Gasteiger partial charge is 0.192 e. The van der Waals surface area contributed by atoms with Crippen LogP contribution < -0.4 is 5.73 Å². The number of nitrogen functional groups attached to an aromatic ring is 1. The van der Waals surface area contributed by atoms with Crippen molar-refractivity contribution in [1.29, 1.82) is 5.41 Å². The number of aromatic nitrogens is 2. The molecule has 0 fully saturated rings. The van der Waals surface area contributed by atoms with Crippen LogP contribution in [0.1, 0.15) is 5.56 Å². The number of amidine groups is 1. The predicted octanol–water partition coefficient (Wildman–Crippen LogP) is 2.67. The van der Waals surface area contributed by atoms with Gasteiger partial charge in [0, 0.05) is 27.3 Å². The molecule has 1 heterocycles.